The van der Waals surface area contributed by atoms with Crippen molar-refractivity contribution in [3.63, 3.8) is 0 Å². The molecule has 3 heteroatoms. The highest BCUT2D eigenvalue weighted by molar-refractivity contribution is 5.53. The molecular weight excluding hydrogens is 200 g/mol. The first-order chi connectivity index (χ1) is 7.81. The van der Waals surface area contributed by atoms with Crippen LogP contribution >= 0.6 is 0 Å². The topological polar surface area (TPSA) is 46.0 Å². The van der Waals surface area contributed by atoms with Gasteiger partial charge in [0, 0.05) is 23.5 Å². The second kappa shape index (κ2) is 4.86. The fraction of sp³-hybridized carbons (Fsp3) is 0.231. The Labute approximate surface area is 94.8 Å². The molecular formula is C13H14N2O. The maximum atomic E-state index is 9.61. The van der Waals surface area contributed by atoms with Crippen molar-refractivity contribution in [2.24, 2.45) is 0 Å². The van der Waals surface area contributed by atoms with Crippen molar-refractivity contribution < 1.29 is 5.11 Å². The fourth-order valence-corrected chi connectivity index (χ4v) is 1.48. The van der Waals surface area contributed by atoms with Gasteiger partial charge >= 0.3 is 0 Å². The smallest absolute Gasteiger partial charge is 0.159 e. The van der Waals surface area contributed by atoms with E-state index in [1.807, 2.05) is 37.3 Å². The van der Waals surface area contributed by atoms with E-state index in [9.17, 15) is 5.11 Å². The summed E-state index contributed by atoms with van der Waals surface area (Å²) >= 11 is 0. The van der Waals surface area contributed by atoms with E-state index in [0.717, 1.165) is 11.1 Å². The lowest BCUT2D eigenvalue weighted by molar-refractivity contribution is 0.173. The van der Waals surface area contributed by atoms with Gasteiger partial charge in [-0.1, -0.05) is 37.3 Å². The molecule has 0 aliphatic carbocycles. The van der Waals surface area contributed by atoms with E-state index in [-0.39, 0.29) is 0 Å². The summed E-state index contributed by atoms with van der Waals surface area (Å²) in [6.45, 7) is 1.93. The minimum Gasteiger partial charge on any atom is -0.388 e. The maximum absolute atomic E-state index is 9.61. The summed E-state index contributed by atoms with van der Waals surface area (Å²) in [5.74, 6) is 0.688. The van der Waals surface area contributed by atoms with Crippen LogP contribution in [0.3, 0.4) is 0 Å². The van der Waals surface area contributed by atoms with Crippen LogP contribution in [0, 0.1) is 0 Å². The molecule has 2 rings (SSSR count). The Kier molecular flexibility index (Phi) is 3.27. The molecule has 0 saturated heterocycles. The molecule has 3 nitrogen and oxygen atoms in total. The molecule has 0 radical (unpaired) electrons. The van der Waals surface area contributed by atoms with E-state index in [1.165, 1.54) is 0 Å². The first kappa shape index (κ1) is 10.8. The van der Waals surface area contributed by atoms with Crippen molar-refractivity contribution >= 4 is 0 Å². The Morgan fingerprint density at radius 2 is 1.75 bits per heavy atom. The zero-order valence-corrected chi connectivity index (χ0v) is 9.17. The molecule has 0 amide bonds. The Morgan fingerprint density at radius 1 is 1.12 bits per heavy atom. The Balaban J connectivity index is 2.26. The molecule has 0 aliphatic heterocycles. The first-order valence-electron chi connectivity index (χ1n) is 5.36. The first-order valence-corrected chi connectivity index (χ1v) is 5.36. The molecule has 0 fully saturated rings. The number of rotatable bonds is 3. The van der Waals surface area contributed by atoms with Crippen LogP contribution in [0.2, 0.25) is 0 Å². The van der Waals surface area contributed by atoms with Crippen LogP contribution < -0.4 is 0 Å². The number of hydrogen-bond donors (Lipinski definition) is 1. The van der Waals surface area contributed by atoms with Crippen molar-refractivity contribution in [2.45, 2.75) is 19.4 Å². The highest BCUT2D eigenvalue weighted by Crippen LogP contribution is 2.17. The highest BCUT2D eigenvalue weighted by atomic mass is 16.3. The third-order valence-electron chi connectivity index (χ3n) is 2.48. The molecule has 0 aliphatic rings. The van der Waals surface area contributed by atoms with Gasteiger partial charge in [-0.2, -0.15) is 0 Å². The van der Waals surface area contributed by atoms with Crippen LogP contribution in [-0.2, 0) is 0 Å². The van der Waals surface area contributed by atoms with Gasteiger partial charge in [0.05, 0.1) is 6.10 Å². The average Bonchev–Trinajstić information content (AvgIpc) is 2.39. The molecule has 1 N–H and O–H groups in total. The van der Waals surface area contributed by atoms with Gasteiger partial charge < -0.3 is 5.11 Å². The van der Waals surface area contributed by atoms with Crippen molar-refractivity contribution in [3.8, 4) is 11.4 Å². The van der Waals surface area contributed by atoms with Gasteiger partial charge in [-0.25, -0.2) is 9.97 Å². The minimum atomic E-state index is -0.468. The van der Waals surface area contributed by atoms with Crippen LogP contribution in [-0.4, -0.2) is 15.1 Å². The number of benzene rings is 1. The van der Waals surface area contributed by atoms with Crippen LogP contribution in [0.15, 0.2) is 42.7 Å². The molecule has 1 aromatic carbocycles. The van der Waals surface area contributed by atoms with E-state index in [1.54, 1.807) is 12.4 Å². The van der Waals surface area contributed by atoms with Crippen molar-refractivity contribution in [1.82, 2.24) is 9.97 Å². The monoisotopic (exact) mass is 214 g/mol. The lowest BCUT2D eigenvalue weighted by atomic mass is 10.1. The minimum absolute atomic E-state index is 0.468. The third kappa shape index (κ3) is 2.25. The largest absolute Gasteiger partial charge is 0.388 e. The number of aromatic nitrogens is 2. The summed E-state index contributed by atoms with van der Waals surface area (Å²) in [7, 11) is 0. The van der Waals surface area contributed by atoms with Gasteiger partial charge in [0.25, 0.3) is 0 Å². The van der Waals surface area contributed by atoms with Crippen LogP contribution in [0.5, 0.6) is 0 Å². The van der Waals surface area contributed by atoms with Gasteiger partial charge in [0.15, 0.2) is 5.82 Å². The van der Waals surface area contributed by atoms with Crippen LogP contribution in [0.25, 0.3) is 11.4 Å². The van der Waals surface area contributed by atoms with Crippen LogP contribution in [0.1, 0.15) is 25.0 Å². The summed E-state index contributed by atoms with van der Waals surface area (Å²) in [5, 5.41) is 9.61. The summed E-state index contributed by atoms with van der Waals surface area (Å²) in [4.78, 5) is 8.49. The zero-order chi connectivity index (χ0) is 11.4. The van der Waals surface area contributed by atoms with E-state index in [4.69, 9.17) is 0 Å². The van der Waals surface area contributed by atoms with Crippen molar-refractivity contribution in [3.05, 3.63) is 48.3 Å². The lowest BCUT2D eigenvalue weighted by Crippen LogP contribution is -1.98. The molecule has 0 spiro atoms. The Morgan fingerprint density at radius 3 is 2.31 bits per heavy atom. The molecule has 82 valence electrons. The number of aliphatic hydroxyl groups is 1. The van der Waals surface area contributed by atoms with E-state index in [0.29, 0.717) is 12.2 Å². The summed E-state index contributed by atoms with van der Waals surface area (Å²) < 4.78 is 0. The van der Waals surface area contributed by atoms with Gasteiger partial charge in [0.2, 0.25) is 0 Å². The predicted octanol–water partition coefficient (Wildman–Crippen LogP) is 2.59. The van der Waals surface area contributed by atoms with Crippen LogP contribution in [0.4, 0.5) is 0 Å². The number of hydrogen-bond acceptors (Lipinski definition) is 3. The molecule has 1 atom stereocenters. The van der Waals surface area contributed by atoms with Crippen molar-refractivity contribution in [1.29, 1.82) is 0 Å². The summed E-state index contributed by atoms with van der Waals surface area (Å²) in [6.07, 6.45) is 3.57. The maximum Gasteiger partial charge on any atom is 0.159 e. The highest BCUT2D eigenvalue weighted by Gasteiger charge is 2.06. The molecule has 1 aromatic heterocycles. The van der Waals surface area contributed by atoms with Crippen molar-refractivity contribution in [2.75, 3.05) is 0 Å². The number of nitrogens with zero attached hydrogens (tertiary/aromatic N) is 2. The Hall–Kier alpha value is -1.74. The average molecular weight is 214 g/mol. The van der Waals surface area contributed by atoms with Gasteiger partial charge in [-0.05, 0) is 6.42 Å². The quantitative estimate of drug-likeness (QED) is 0.854. The summed E-state index contributed by atoms with van der Waals surface area (Å²) in [6, 6.07) is 9.79. The molecule has 0 unspecified atom stereocenters. The molecule has 2 aromatic rings. The zero-order valence-electron chi connectivity index (χ0n) is 9.17. The second-order valence-corrected chi connectivity index (χ2v) is 3.63. The van der Waals surface area contributed by atoms with Gasteiger partial charge in [0.1, 0.15) is 0 Å². The fourth-order valence-electron chi connectivity index (χ4n) is 1.48. The summed E-state index contributed by atoms with van der Waals surface area (Å²) in [5.41, 5.74) is 1.75. The standard InChI is InChI=1S/C13H14N2O/c1-2-12(16)11-8-14-13(15-9-11)10-6-4-3-5-7-10/h3-9,12,16H,2H2,1H3/t12-/m0/s1. The third-order valence-corrected chi connectivity index (χ3v) is 2.48. The molecule has 0 saturated carbocycles. The van der Waals surface area contributed by atoms with E-state index >= 15 is 0 Å². The van der Waals surface area contributed by atoms with Gasteiger partial charge in [-0.3, -0.25) is 0 Å². The second-order valence-electron chi connectivity index (χ2n) is 3.63. The molecule has 0 bridgehead atoms. The lowest BCUT2D eigenvalue weighted by Gasteiger charge is -2.07. The SMILES string of the molecule is CC[C@H](O)c1cnc(-c2ccccc2)nc1. The van der Waals surface area contributed by atoms with Gasteiger partial charge in [-0.15, -0.1) is 0 Å². The molecule has 1 heterocycles. The predicted molar refractivity (Wildman–Crippen MR) is 62.7 cm³/mol. The normalized spacial score (nSPS) is 12.4. The Bertz CT molecular complexity index is 439. The molecule has 16 heavy (non-hydrogen) atoms. The van der Waals surface area contributed by atoms with E-state index < -0.39 is 6.10 Å². The van der Waals surface area contributed by atoms with E-state index in [2.05, 4.69) is 9.97 Å². The number of aliphatic hydroxyl groups excluding tert-OH is 1.